The van der Waals surface area contributed by atoms with E-state index in [4.69, 9.17) is 0 Å². The van der Waals surface area contributed by atoms with Gasteiger partial charge in [0.25, 0.3) is 5.91 Å². The number of carbonyl (C=O) groups excluding carboxylic acids is 1. The van der Waals surface area contributed by atoms with Crippen molar-refractivity contribution in [3.8, 4) is 5.69 Å². The molecule has 3 aromatic rings. The third kappa shape index (κ3) is 4.09. The van der Waals surface area contributed by atoms with Gasteiger partial charge in [0.2, 0.25) is 0 Å². The molecule has 0 aliphatic rings. The Morgan fingerprint density at radius 2 is 1.80 bits per heavy atom. The van der Waals surface area contributed by atoms with Crippen LogP contribution >= 0.6 is 0 Å². The van der Waals surface area contributed by atoms with Crippen molar-refractivity contribution in [3.05, 3.63) is 83.2 Å². The minimum atomic E-state index is -0.361. The third-order valence-electron chi connectivity index (χ3n) is 3.84. The number of amides is 1. The summed E-state index contributed by atoms with van der Waals surface area (Å²) in [6.07, 6.45) is 2.34. The second kappa shape index (κ2) is 7.25. The fourth-order valence-corrected chi connectivity index (χ4v) is 2.51. The lowest BCUT2D eigenvalue weighted by Crippen LogP contribution is -2.26. The molecule has 1 aromatic heterocycles. The number of rotatable bonds is 5. The largest absolute Gasteiger partial charge is 0.352 e. The van der Waals surface area contributed by atoms with Crippen molar-refractivity contribution in [2.75, 3.05) is 6.54 Å². The first-order valence-corrected chi connectivity index (χ1v) is 7.88. The molecule has 128 valence electrons. The van der Waals surface area contributed by atoms with E-state index in [9.17, 15) is 13.6 Å². The van der Waals surface area contributed by atoms with Gasteiger partial charge in [-0.15, -0.1) is 0 Å². The fraction of sp³-hybridized carbons (Fsp3) is 0.158. The Kier molecular flexibility index (Phi) is 4.88. The predicted octanol–water partition coefficient (Wildman–Crippen LogP) is 3.43. The summed E-state index contributed by atoms with van der Waals surface area (Å²) in [5, 5.41) is 7.21. The van der Waals surface area contributed by atoms with E-state index in [2.05, 4.69) is 10.4 Å². The first-order valence-electron chi connectivity index (χ1n) is 7.88. The Morgan fingerprint density at radius 3 is 2.52 bits per heavy atom. The number of aromatic nitrogens is 2. The van der Waals surface area contributed by atoms with Gasteiger partial charge in [0.15, 0.2) is 0 Å². The molecule has 3 rings (SSSR count). The number of nitrogens with zero attached hydrogens (tertiary/aromatic N) is 2. The quantitative estimate of drug-likeness (QED) is 0.773. The highest BCUT2D eigenvalue weighted by Gasteiger charge is 2.09. The van der Waals surface area contributed by atoms with Crippen molar-refractivity contribution in [1.29, 1.82) is 0 Å². The molecule has 1 heterocycles. The van der Waals surface area contributed by atoms with Gasteiger partial charge in [-0.25, -0.2) is 13.5 Å². The summed E-state index contributed by atoms with van der Waals surface area (Å²) < 4.78 is 27.7. The van der Waals surface area contributed by atoms with E-state index in [1.165, 1.54) is 30.3 Å². The van der Waals surface area contributed by atoms with Crippen molar-refractivity contribution in [1.82, 2.24) is 15.1 Å². The predicted molar refractivity (Wildman–Crippen MR) is 90.7 cm³/mol. The zero-order valence-electron chi connectivity index (χ0n) is 13.7. The Hall–Kier alpha value is -3.02. The third-order valence-corrected chi connectivity index (χ3v) is 3.84. The van der Waals surface area contributed by atoms with Gasteiger partial charge in [-0.05, 0) is 61.0 Å². The van der Waals surface area contributed by atoms with Crippen molar-refractivity contribution in [2.45, 2.75) is 13.3 Å². The number of nitrogens with one attached hydrogen (secondary N) is 1. The molecule has 0 saturated heterocycles. The van der Waals surface area contributed by atoms with Crippen LogP contribution in [0.25, 0.3) is 5.69 Å². The molecule has 0 saturated carbocycles. The lowest BCUT2D eigenvalue weighted by molar-refractivity contribution is 0.0953. The molecule has 0 aliphatic heterocycles. The van der Waals surface area contributed by atoms with Crippen molar-refractivity contribution < 1.29 is 13.6 Å². The van der Waals surface area contributed by atoms with Gasteiger partial charge in [-0.1, -0.05) is 0 Å². The first-order chi connectivity index (χ1) is 12.0. The summed E-state index contributed by atoms with van der Waals surface area (Å²) in [4.78, 5) is 12.1. The maximum Gasteiger partial charge on any atom is 0.251 e. The minimum absolute atomic E-state index is 0.240. The lowest BCUT2D eigenvalue weighted by atomic mass is 10.1. The SMILES string of the molecule is Cc1cc(F)ccc1C(=O)NCCc1ccn(-c2ccc(F)cc2)n1. The standard InChI is InChI=1S/C19H17F2N3O/c1-13-12-15(21)4-7-18(13)19(25)22-10-8-16-9-11-24(23-16)17-5-2-14(20)3-6-17/h2-7,9,11-12H,8,10H2,1H3,(H,22,25). The Labute approximate surface area is 144 Å². The van der Waals surface area contributed by atoms with Gasteiger partial charge in [0, 0.05) is 24.7 Å². The molecular weight excluding hydrogens is 324 g/mol. The highest BCUT2D eigenvalue weighted by molar-refractivity contribution is 5.95. The smallest absolute Gasteiger partial charge is 0.251 e. The van der Waals surface area contributed by atoms with Crippen LogP contribution in [0.15, 0.2) is 54.7 Å². The molecular formula is C19H17F2N3O. The normalized spacial score (nSPS) is 10.7. The van der Waals surface area contributed by atoms with Crippen LogP contribution in [-0.4, -0.2) is 22.2 Å². The average Bonchev–Trinajstić information content (AvgIpc) is 3.04. The van der Waals surface area contributed by atoms with Gasteiger partial charge < -0.3 is 5.32 Å². The van der Waals surface area contributed by atoms with Crippen LogP contribution in [0.3, 0.4) is 0 Å². The van der Waals surface area contributed by atoms with Crippen LogP contribution in [0.1, 0.15) is 21.6 Å². The summed E-state index contributed by atoms with van der Waals surface area (Å²) in [7, 11) is 0. The van der Waals surface area contributed by atoms with Crippen LogP contribution in [-0.2, 0) is 6.42 Å². The van der Waals surface area contributed by atoms with E-state index in [0.717, 1.165) is 11.4 Å². The Balaban J connectivity index is 1.57. The van der Waals surface area contributed by atoms with Crippen LogP contribution in [0.5, 0.6) is 0 Å². The molecule has 25 heavy (non-hydrogen) atoms. The average molecular weight is 341 g/mol. The fourth-order valence-electron chi connectivity index (χ4n) is 2.51. The second-order valence-electron chi connectivity index (χ2n) is 5.69. The molecule has 6 heteroatoms. The topological polar surface area (TPSA) is 46.9 Å². The summed E-state index contributed by atoms with van der Waals surface area (Å²) in [5.74, 6) is -0.897. The van der Waals surface area contributed by atoms with E-state index in [-0.39, 0.29) is 17.5 Å². The van der Waals surface area contributed by atoms with Crippen molar-refractivity contribution in [3.63, 3.8) is 0 Å². The summed E-state index contributed by atoms with van der Waals surface area (Å²) >= 11 is 0. The van der Waals surface area contributed by atoms with Gasteiger partial charge in [0.05, 0.1) is 11.4 Å². The van der Waals surface area contributed by atoms with Crippen molar-refractivity contribution in [2.24, 2.45) is 0 Å². The molecule has 0 atom stereocenters. The maximum atomic E-state index is 13.1. The second-order valence-corrected chi connectivity index (χ2v) is 5.69. The van der Waals surface area contributed by atoms with E-state index < -0.39 is 0 Å². The number of aryl methyl sites for hydroxylation is 1. The maximum absolute atomic E-state index is 13.1. The molecule has 1 N–H and O–H groups in total. The zero-order chi connectivity index (χ0) is 17.8. The molecule has 0 unspecified atom stereocenters. The monoisotopic (exact) mass is 341 g/mol. The van der Waals surface area contributed by atoms with Crippen LogP contribution < -0.4 is 5.32 Å². The first kappa shape index (κ1) is 16.8. The molecule has 4 nitrogen and oxygen atoms in total. The zero-order valence-corrected chi connectivity index (χ0v) is 13.7. The molecule has 0 fully saturated rings. The van der Waals surface area contributed by atoms with E-state index in [1.54, 1.807) is 29.9 Å². The summed E-state index contributed by atoms with van der Waals surface area (Å²) in [6.45, 7) is 2.11. The van der Waals surface area contributed by atoms with E-state index in [0.29, 0.717) is 24.1 Å². The van der Waals surface area contributed by atoms with Gasteiger partial charge >= 0.3 is 0 Å². The molecule has 0 bridgehead atoms. The number of benzene rings is 2. The number of halogens is 2. The molecule has 1 amide bonds. The van der Waals surface area contributed by atoms with Gasteiger partial charge in [0.1, 0.15) is 11.6 Å². The van der Waals surface area contributed by atoms with Gasteiger partial charge in [-0.2, -0.15) is 5.10 Å². The van der Waals surface area contributed by atoms with Crippen LogP contribution in [0.4, 0.5) is 8.78 Å². The molecule has 0 aliphatic carbocycles. The highest BCUT2D eigenvalue weighted by atomic mass is 19.1. The molecule has 0 spiro atoms. The highest BCUT2D eigenvalue weighted by Crippen LogP contribution is 2.11. The van der Waals surface area contributed by atoms with Crippen LogP contribution in [0, 0.1) is 18.6 Å². The van der Waals surface area contributed by atoms with Crippen molar-refractivity contribution >= 4 is 5.91 Å². The molecule has 0 radical (unpaired) electrons. The number of hydrogen-bond donors (Lipinski definition) is 1. The minimum Gasteiger partial charge on any atom is -0.352 e. The summed E-state index contributed by atoms with van der Waals surface area (Å²) in [5.41, 5.74) is 2.62. The Morgan fingerprint density at radius 1 is 1.08 bits per heavy atom. The molecule has 2 aromatic carbocycles. The summed E-state index contributed by atoms with van der Waals surface area (Å²) in [6, 6.07) is 12.0. The number of hydrogen-bond acceptors (Lipinski definition) is 2. The van der Waals surface area contributed by atoms with E-state index >= 15 is 0 Å². The Bertz CT molecular complexity index is 888. The van der Waals surface area contributed by atoms with E-state index in [1.807, 2.05) is 6.07 Å². The lowest BCUT2D eigenvalue weighted by Gasteiger charge is -2.07. The number of carbonyl (C=O) groups is 1. The van der Waals surface area contributed by atoms with Gasteiger partial charge in [-0.3, -0.25) is 4.79 Å². The van der Waals surface area contributed by atoms with Crippen LogP contribution in [0.2, 0.25) is 0 Å².